The zero-order valence-corrected chi connectivity index (χ0v) is 77.5. The zero-order chi connectivity index (χ0) is 94.4. The number of H-pyrrole nitrogens is 5. The SMILES string of the molecule is CN1C=C(C2=C(C#N)C(c3cccc4nonc34)c3cn[nH]c3N2)CCC1.CN1CCC(C2=C(C#N)C(c3cccc4nonc34)c3cn[nH]c3N2)CC1.CS(=O)(=O)N1CCCCC1C1=C(C#N)C(c2cccc3nonc23)c2cn[nH]c2N1.Cl.Cl.Cn1ccc(C2=C(C#N)C(c3cccc4nonc34)c3cn[nH]c3N2)cc1=O.N#CC1=C(C2=CCCNC2)Nc2[nH]ncc2C1c1cccc2nonc12. The largest absolute Gasteiger partial charge is 0.380 e. The minimum absolute atomic E-state index is 0. The van der Waals surface area contributed by atoms with E-state index in [1.165, 1.54) is 21.2 Å². The van der Waals surface area contributed by atoms with Crippen molar-refractivity contribution in [1.82, 2.24) is 127 Å². The number of fused-ring (bicyclic) bond motifs is 10. The summed E-state index contributed by atoms with van der Waals surface area (Å²) < 4.78 is 52.5. The van der Waals surface area contributed by atoms with Gasteiger partial charge in [0.1, 0.15) is 84.3 Å². The lowest BCUT2D eigenvalue weighted by atomic mass is 9.78. The predicted molar refractivity (Wildman–Crippen MR) is 513 cm³/mol. The number of aryl methyl sites for hydroxylation is 1. The van der Waals surface area contributed by atoms with Gasteiger partial charge in [0, 0.05) is 103 Å². The lowest BCUT2D eigenvalue weighted by molar-refractivity contribution is 0.238. The Hall–Kier alpha value is -17.1. The number of sulfonamides is 1. The topological polar surface area (TPSA) is 595 Å². The molecule has 6 atom stereocenters. The van der Waals surface area contributed by atoms with Crippen LogP contribution in [0.15, 0.2) is 242 Å². The molecule has 25 rings (SSSR count). The molecular weight excluding hydrogens is 1850 g/mol. The molecule has 140 heavy (non-hydrogen) atoms. The number of nitriles is 5. The Labute approximate surface area is 806 Å². The second-order valence-electron chi connectivity index (χ2n) is 34.5. The number of piperidine rings is 2. The van der Waals surface area contributed by atoms with Gasteiger partial charge in [-0.15, -0.1) is 24.8 Å². The van der Waals surface area contributed by atoms with Crippen LogP contribution in [0.25, 0.3) is 60.9 Å². The smallest absolute Gasteiger partial charge is 0.250 e. The number of aromatic amines is 5. The minimum atomic E-state index is -3.44. The van der Waals surface area contributed by atoms with Gasteiger partial charge in [0.05, 0.1) is 148 Å². The van der Waals surface area contributed by atoms with Gasteiger partial charge in [-0.1, -0.05) is 73.2 Å². The Balaban J connectivity index is 0.000000111. The van der Waals surface area contributed by atoms with Gasteiger partial charge >= 0.3 is 0 Å². The molecule has 0 aliphatic carbocycles. The van der Waals surface area contributed by atoms with E-state index in [2.05, 4.69) is 201 Å². The summed E-state index contributed by atoms with van der Waals surface area (Å²) in [7, 11) is 2.42. The van der Waals surface area contributed by atoms with Gasteiger partial charge in [-0.2, -0.15) is 56.1 Å². The van der Waals surface area contributed by atoms with Gasteiger partial charge in [0.2, 0.25) is 10.0 Å². The molecule has 11 N–H and O–H groups in total. The second kappa shape index (κ2) is 39.0. The number of hydrogen-bond acceptors (Lipinski definition) is 36. The average molecular weight is 1940 g/mol. The van der Waals surface area contributed by atoms with Gasteiger partial charge in [-0.3, -0.25) is 30.3 Å². The Morgan fingerprint density at radius 2 is 0.793 bits per heavy atom. The van der Waals surface area contributed by atoms with Gasteiger partial charge < -0.3 is 46.3 Å². The fourth-order valence-corrected chi connectivity index (χ4v) is 21.1. The van der Waals surface area contributed by atoms with Gasteiger partial charge in [0.25, 0.3) is 5.56 Å². The second-order valence-corrected chi connectivity index (χ2v) is 36.5. The Morgan fingerprint density at radius 3 is 1.18 bits per heavy atom. The van der Waals surface area contributed by atoms with Crippen LogP contribution in [0, 0.1) is 62.6 Å². The Kier molecular flexibility index (Phi) is 25.6. The maximum absolute atomic E-state index is 12.5. The van der Waals surface area contributed by atoms with Gasteiger partial charge in [0.15, 0.2) is 0 Å². The van der Waals surface area contributed by atoms with Crippen molar-refractivity contribution in [2.75, 3.05) is 86.2 Å². The number of hydrogen-bond donors (Lipinski definition) is 11. The van der Waals surface area contributed by atoms with Crippen molar-refractivity contribution in [3.05, 3.63) is 286 Å². The Morgan fingerprint density at radius 1 is 0.414 bits per heavy atom. The van der Waals surface area contributed by atoms with Crippen molar-refractivity contribution in [2.45, 2.75) is 87.0 Å². The number of anilines is 5. The summed E-state index contributed by atoms with van der Waals surface area (Å²) in [6.07, 6.45) is 23.1. The summed E-state index contributed by atoms with van der Waals surface area (Å²) in [5.74, 6) is 2.34. The number of aromatic nitrogens is 21. The molecule has 11 aromatic heterocycles. The van der Waals surface area contributed by atoms with Crippen molar-refractivity contribution in [1.29, 1.82) is 26.3 Å². The predicted octanol–water partition coefficient (Wildman–Crippen LogP) is 12.8. The molecule has 43 nitrogen and oxygen atoms in total. The monoisotopic (exact) mass is 1930 g/mol. The maximum atomic E-state index is 12.5. The quantitative estimate of drug-likeness (QED) is 0.0573. The highest BCUT2D eigenvalue weighted by molar-refractivity contribution is 7.88. The molecule has 5 aromatic carbocycles. The van der Waals surface area contributed by atoms with Crippen LogP contribution in [0.1, 0.15) is 142 Å². The molecule has 0 radical (unpaired) electrons. The molecule has 0 amide bonds. The standard InChI is InChI=1S/C19H19N7O3S.C19H13N7O2.C19H17N7O.C19H19N7O.C18H15N7O.2ClH/c1-30(27,28)26-8-3-2-7-15(26)18-12(9-20)16(13-10-21-23-19(13)22-18)11-5-4-6-14-17(11)25-29-24-14;1-26-6-5-10(7-15(26)27)17-12(8-20)16(13-9-21-23-19(13)22-17)11-3-2-4-14-18(11)25-28-24-14;1-26-7-3-4-11(10-26)17-13(8-20)16(14-9-21-23-19(14)22-17)12-5-2-6-15-18(12)25-27-24-15;1-26-7-5-11(6-8-26)17-13(9-20)16(14-10-21-23-19(14)22-17)12-3-2-4-15-18(12)25-27-24-15;19-7-12-15(11-4-1-5-14-17(11)25-26-24-14)13-9-21-23-18(13)22-16(12)10-3-2-6-20-8-10;;/h4-6,10,15-16H,2-3,7-8H2,1H3,(H2,21,22,23);2-7,9,16H,1H3,(H2,21,22,23);2,5-6,9-10,16H,3-4,7H2,1H3,(H2,21,22,23);2-4,10-11,16H,5-8H2,1H3,(H2,21,22,23);1,3-5,9,15,20H,2,6,8H2,(H2,21,22,23);2*1H. The summed E-state index contributed by atoms with van der Waals surface area (Å²) >= 11 is 0. The summed E-state index contributed by atoms with van der Waals surface area (Å²) in [6, 6.07) is 43.1. The number of benzene rings is 5. The van der Waals surface area contributed by atoms with E-state index in [0.717, 1.165) is 185 Å². The van der Waals surface area contributed by atoms with E-state index in [1.807, 2.05) is 78.9 Å². The third kappa shape index (κ3) is 16.9. The van der Waals surface area contributed by atoms with E-state index >= 15 is 0 Å². The van der Waals surface area contributed by atoms with Gasteiger partial charge in [-0.25, -0.2) is 31.6 Å². The summed E-state index contributed by atoms with van der Waals surface area (Å²) in [5.41, 5.74) is 24.4. The highest BCUT2D eigenvalue weighted by Gasteiger charge is 2.44. The number of pyridine rings is 1. The first-order valence-corrected chi connectivity index (χ1v) is 46.3. The van der Waals surface area contributed by atoms with Crippen molar-refractivity contribution in [3.63, 3.8) is 0 Å². The van der Waals surface area contributed by atoms with Crippen LogP contribution in [0.4, 0.5) is 29.1 Å². The van der Waals surface area contributed by atoms with E-state index in [9.17, 15) is 39.5 Å². The highest BCUT2D eigenvalue weighted by atomic mass is 35.5. The molecule has 0 saturated carbocycles. The maximum Gasteiger partial charge on any atom is 0.250 e. The van der Waals surface area contributed by atoms with Crippen LogP contribution in [-0.4, -0.2) is 195 Å². The first-order chi connectivity index (χ1) is 67.5. The molecule has 2 fully saturated rings. The van der Waals surface area contributed by atoms with E-state index in [1.54, 1.807) is 62.4 Å². The molecule has 20 heterocycles. The normalized spacial score (nSPS) is 19.5. The summed E-state index contributed by atoms with van der Waals surface area (Å²) in [5, 5.41) is 146. The lowest BCUT2D eigenvalue weighted by Crippen LogP contribution is -2.46. The van der Waals surface area contributed by atoms with Crippen LogP contribution >= 0.6 is 24.8 Å². The van der Waals surface area contributed by atoms with E-state index in [0.29, 0.717) is 125 Å². The number of allylic oxidation sites excluding steroid dienone is 7. The van der Waals surface area contributed by atoms with Crippen LogP contribution in [0.2, 0.25) is 0 Å². The number of rotatable bonds is 11. The van der Waals surface area contributed by atoms with Crippen molar-refractivity contribution in [2.24, 2.45) is 13.0 Å². The first kappa shape index (κ1) is 92.0. The summed E-state index contributed by atoms with van der Waals surface area (Å²) in [6.45, 7) is 5.16. The minimum Gasteiger partial charge on any atom is -0.380 e. The fraction of sp³-hybridized carbons (Fsp3) is 0.266. The third-order valence-electron chi connectivity index (χ3n) is 26.5. The number of likely N-dealkylation sites (tertiary alicyclic amines) is 1. The molecule has 9 aliphatic heterocycles. The highest BCUT2D eigenvalue weighted by Crippen LogP contribution is 2.52. The number of halogens is 2. The van der Waals surface area contributed by atoms with Crippen LogP contribution in [0.5, 0.6) is 0 Å². The first-order valence-electron chi connectivity index (χ1n) is 44.5. The van der Waals surface area contributed by atoms with Crippen molar-refractivity contribution < 1.29 is 31.6 Å². The van der Waals surface area contributed by atoms with E-state index < -0.39 is 27.9 Å². The fourth-order valence-electron chi connectivity index (χ4n) is 19.9. The van der Waals surface area contributed by atoms with Crippen LogP contribution < -0.4 is 37.5 Å². The van der Waals surface area contributed by atoms with Gasteiger partial charge in [-0.05, 0) is 199 Å². The van der Waals surface area contributed by atoms with E-state index in [4.69, 9.17) is 23.1 Å². The molecule has 6 unspecified atom stereocenters. The molecule has 704 valence electrons. The van der Waals surface area contributed by atoms with Crippen LogP contribution in [0.3, 0.4) is 0 Å². The Bertz CT molecular complexity index is 8150. The molecule has 9 aliphatic rings. The average Bonchev–Trinajstić information content (AvgIpc) is 1.54. The molecule has 0 spiro atoms. The summed E-state index contributed by atoms with van der Waals surface area (Å²) in [4.78, 5) is 16.6. The molecule has 46 heteroatoms. The molecule has 16 aromatic rings. The van der Waals surface area contributed by atoms with Crippen LogP contribution in [-0.2, 0) is 17.1 Å². The molecule has 2 saturated heterocycles. The number of nitrogens with one attached hydrogen (secondary N) is 11. The zero-order valence-electron chi connectivity index (χ0n) is 75.1. The number of nitrogens with zero attached hydrogens (tertiary/aromatic N) is 24. The van der Waals surface area contributed by atoms with Crippen molar-refractivity contribution in [3.8, 4) is 30.3 Å². The third-order valence-corrected chi connectivity index (χ3v) is 27.8. The lowest BCUT2D eigenvalue weighted by Gasteiger charge is -2.38. The van der Waals surface area contributed by atoms with E-state index in [-0.39, 0.29) is 48.1 Å². The van der Waals surface area contributed by atoms with Crippen molar-refractivity contribution >= 4 is 125 Å². The molecule has 0 bridgehead atoms. The molecular formula is C94H85Cl2N35O8S.